The van der Waals surface area contributed by atoms with Gasteiger partial charge in [-0.1, -0.05) is 122 Å². The third-order valence-electron chi connectivity index (χ3n) is 6.06. The molecular formula is C34H53NO3. The minimum absolute atomic E-state index is 0.280. The van der Waals surface area contributed by atoms with Crippen molar-refractivity contribution in [3.8, 4) is 0 Å². The first-order chi connectivity index (χ1) is 18.6. The van der Waals surface area contributed by atoms with Gasteiger partial charge in [0.25, 0.3) is 0 Å². The van der Waals surface area contributed by atoms with E-state index in [4.69, 9.17) is 4.74 Å². The maximum atomic E-state index is 12.1. The van der Waals surface area contributed by atoms with E-state index < -0.39 is 0 Å². The van der Waals surface area contributed by atoms with Crippen LogP contribution in [0, 0.1) is 6.92 Å². The number of fused-ring (bicyclic) bond motifs is 1. The van der Waals surface area contributed by atoms with Crippen LogP contribution < -0.4 is 0 Å². The summed E-state index contributed by atoms with van der Waals surface area (Å²) in [6.07, 6.45) is 9.09. The predicted molar refractivity (Wildman–Crippen MR) is 164 cm³/mol. The Morgan fingerprint density at radius 3 is 1.89 bits per heavy atom. The van der Waals surface area contributed by atoms with Crippen molar-refractivity contribution in [3.63, 3.8) is 0 Å². The van der Waals surface area contributed by atoms with Gasteiger partial charge in [-0.25, -0.2) is 4.79 Å². The molecule has 0 aliphatic heterocycles. The van der Waals surface area contributed by atoms with Crippen LogP contribution in [0.25, 0.3) is 10.9 Å². The van der Waals surface area contributed by atoms with Crippen molar-refractivity contribution in [1.29, 1.82) is 0 Å². The van der Waals surface area contributed by atoms with Crippen LogP contribution in [0.3, 0.4) is 0 Å². The average Bonchev–Trinajstić information content (AvgIpc) is 3.34. The number of unbranched alkanes of at least 4 members (excludes halogenated alkanes) is 6. The predicted octanol–water partition coefficient (Wildman–Crippen LogP) is 9.75. The molecule has 0 radical (unpaired) electrons. The van der Waals surface area contributed by atoms with Crippen molar-refractivity contribution in [2.24, 2.45) is 0 Å². The quantitative estimate of drug-likeness (QED) is 0.165. The summed E-state index contributed by atoms with van der Waals surface area (Å²) in [6, 6.07) is 18.2. The molecule has 3 rings (SSSR count). The van der Waals surface area contributed by atoms with Crippen LogP contribution in [0.15, 0.2) is 54.6 Å². The van der Waals surface area contributed by atoms with Gasteiger partial charge in [-0.2, -0.15) is 0 Å². The molecule has 0 unspecified atom stereocenters. The first-order valence-corrected chi connectivity index (χ1v) is 14.8. The molecule has 3 aromatic rings. The number of ketones is 1. The van der Waals surface area contributed by atoms with E-state index >= 15 is 0 Å². The SMILES string of the molecule is CC.CC.CC.COC(=O)c1cc2ccccc2n1CCCCCCCCCC(=O)Cc1ccc(C)cc1. The van der Waals surface area contributed by atoms with Crippen LogP contribution in [0.5, 0.6) is 0 Å². The number of benzene rings is 2. The van der Waals surface area contributed by atoms with Gasteiger partial charge in [-0.3, -0.25) is 4.79 Å². The lowest BCUT2D eigenvalue weighted by atomic mass is 10.0. The van der Waals surface area contributed by atoms with Crippen molar-refractivity contribution in [2.45, 2.75) is 113 Å². The molecule has 0 aliphatic rings. The molecule has 2 aromatic carbocycles. The Morgan fingerprint density at radius 1 is 0.737 bits per heavy atom. The molecule has 0 N–H and O–H groups in total. The minimum atomic E-state index is -0.280. The fourth-order valence-electron chi connectivity index (χ4n) is 4.22. The van der Waals surface area contributed by atoms with Gasteiger partial charge < -0.3 is 9.30 Å². The second-order valence-corrected chi connectivity index (χ2v) is 8.66. The summed E-state index contributed by atoms with van der Waals surface area (Å²) in [5.74, 6) is 0.0623. The number of methoxy groups -OCH3 is 1. The number of carbonyl (C=O) groups is 2. The molecule has 38 heavy (non-hydrogen) atoms. The zero-order valence-electron chi connectivity index (χ0n) is 25.4. The zero-order chi connectivity index (χ0) is 28.8. The van der Waals surface area contributed by atoms with Crippen molar-refractivity contribution in [3.05, 3.63) is 71.4 Å². The van der Waals surface area contributed by atoms with E-state index in [-0.39, 0.29) is 5.97 Å². The largest absolute Gasteiger partial charge is 0.464 e. The maximum absolute atomic E-state index is 12.1. The van der Waals surface area contributed by atoms with Gasteiger partial charge >= 0.3 is 5.97 Å². The molecule has 0 saturated heterocycles. The van der Waals surface area contributed by atoms with Crippen LogP contribution >= 0.6 is 0 Å². The molecule has 212 valence electrons. The Balaban J connectivity index is 0.00000213. The number of esters is 1. The highest BCUT2D eigenvalue weighted by Gasteiger charge is 2.15. The summed E-state index contributed by atoms with van der Waals surface area (Å²) in [5.41, 5.74) is 4.06. The van der Waals surface area contributed by atoms with E-state index in [0.29, 0.717) is 24.3 Å². The van der Waals surface area contributed by atoms with Gasteiger partial charge in [0, 0.05) is 30.3 Å². The molecule has 1 heterocycles. The first kappa shape index (κ1) is 35.1. The monoisotopic (exact) mass is 523 g/mol. The van der Waals surface area contributed by atoms with Crippen molar-refractivity contribution in [1.82, 2.24) is 4.57 Å². The fraction of sp³-hybridized carbons (Fsp3) is 0.529. The second-order valence-electron chi connectivity index (χ2n) is 8.66. The Bertz CT molecular complexity index is 1020. The summed E-state index contributed by atoms with van der Waals surface area (Å²) in [4.78, 5) is 24.3. The number of ether oxygens (including phenoxy) is 1. The fourth-order valence-corrected chi connectivity index (χ4v) is 4.22. The van der Waals surface area contributed by atoms with Crippen LogP contribution in [-0.2, 0) is 22.5 Å². The smallest absolute Gasteiger partial charge is 0.354 e. The van der Waals surface area contributed by atoms with E-state index in [1.807, 2.05) is 65.8 Å². The van der Waals surface area contributed by atoms with Crippen LogP contribution in [0.2, 0.25) is 0 Å². The number of para-hydroxylation sites is 1. The second kappa shape index (κ2) is 22.1. The van der Waals surface area contributed by atoms with Gasteiger partial charge in [0.1, 0.15) is 11.5 Å². The number of nitrogens with zero attached hydrogens (tertiary/aromatic N) is 1. The average molecular weight is 524 g/mol. The highest BCUT2D eigenvalue weighted by molar-refractivity contribution is 5.95. The summed E-state index contributed by atoms with van der Waals surface area (Å²) in [7, 11) is 1.43. The number of rotatable bonds is 13. The number of aryl methyl sites for hydroxylation is 2. The van der Waals surface area contributed by atoms with Gasteiger partial charge in [-0.05, 0) is 37.5 Å². The molecule has 0 bridgehead atoms. The Labute approximate surface area is 232 Å². The molecule has 0 saturated carbocycles. The van der Waals surface area contributed by atoms with E-state index in [9.17, 15) is 9.59 Å². The molecule has 0 aliphatic carbocycles. The molecule has 0 atom stereocenters. The normalized spacial score (nSPS) is 9.79. The van der Waals surface area contributed by atoms with Gasteiger partial charge in [0.15, 0.2) is 0 Å². The first-order valence-electron chi connectivity index (χ1n) is 14.8. The topological polar surface area (TPSA) is 48.3 Å². The minimum Gasteiger partial charge on any atom is -0.464 e. The van der Waals surface area contributed by atoms with E-state index in [1.54, 1.807) is 0 Å². The summed E-state index contributed by atoms with van der Waals surface area (Å²) < 4.78 is 7.04. The Morgan fingerprint density at radius 2 is 1.29 bits per heavy atom. The molecule has 0 spiro atoms. The number of hydrogen-bond donors (Lipinski definition) is 0. The highest BCUT2D eigenvalue weighted by atomic mass is 16.5. The van der Waals surface area contributed by atoms with Crippen LogP contribution in [-0.4, -0.2) is 23.4 Å². The third-order valence-corrected chi connectivity index (χ3v) is 6.06. The number of aromatic nitrogens is 1. The van der Waals surface area contributed by atoms with Crippen LogP contribution in [0.4, 0.5) is 0 Å². The van der Waals surface area contributed by atoms with E-state index in [1.165, 1.54) is 31.9 Å². The maximum Gasteiger partial charge on any atom is 0.354 e. The van der Waals surface area contributed by atoms with Crippen molar-refractivity contribution < 1.29 is 14.3 Å². The lowest BCUT2D eigenvalue weighted by molar-refractivity contribution is -0.118. The lowest BCUT2D eigenvalue weighted by Gasteiger charge is -2.09. The molecular weight excluding hydrogens is 470 g/mol. The highest BCUT2D eigenvalue weighted by Crippen LogP contribution is 2.22. The molecule has 0 amide bonds. The van der Waals surface area contributed by atoms with Crippen molar-refractivity contribution >= 4 is 22.7 Å². The Kier molecular flexibility index (Phi) is 20.5. The lowest BCUT2D eigenvalue weighted by Crippen LogP contribution is -2.10. The van der Waals surface area contributed by atoms with Crippen molar-refractivity contribution in [2.75, 3.05) is 7.11 Å². The number of carbonyl (C=O) groups excluding carboxylic acids is 2. The van der Waals surface area contributed by atoms with Gasteiger partial charge in [0.05, 0.1) is 7.11 Å². The van der Waals surface area contributed by atoms with Gasteiger partial charge in [0.2, 0.25) is 0 Å². The standard InChI is InChI=1S/C28H35NO3.3C2H6/c1-22-15-17-23(18-16-22)20-25(30)13-8-6-4-3-5-7-11-19-29-26-14-10-9-12-24(26)21-27(29)28(31)32-2;3*1-2/h9-10,12,14-18,21H,3-8,11,13,19-20H2,1-2H3;3*1-2H3. The zero-order valence-corrected chi connectivity index (χ0v) is 25.4. The van der Waals surface area contributed by atoms with E-state index in [2.05, 4.69) is 41.8 Å². The molecule has 4 heteroatoms. The Hall–Kier alpha value is -2.88. The molecule has 1 aromatic heterocycles. The number of Topliss-reactive ketones (excluding diaryl/α,β-unsaturated/α-hetero) is 1. The molecule has 4 nitrogen and oxygen atoms in total. The number of hydrogen-bond acceptors (Lipinski definition) is 3. The van der Waals surface area contributed by atoms with E-state index in [0.717, 1.165) is 48.7 Å². The summed E-state index contributed by atoms with van der Waals surface area (Å²) in [6.45, 7) is 14.9. The van der Waals surface area contributed by atoms with Gasteiger partial charge in [-0.15, -0.1) is 0 Å². The summed E-state index contributed by atoms with van der Waals surface area (Å²) >= 11 is 0. The van der Waals surface area contributed by atoms with Crippen LogP contribution in [0.1, 0.15) is 115 Å². The summed E-state index contributed by atoms with van der Waals surface area (Å²) in [5, 5.41) is 1.07. The third kappa shape index (κ3) is 12.6. The molecule has 0 fully saturated rings.